The highest BCUT2D eigenvalue weighted by atomic mass is 16.5. The molecule has 2 atom stereocenters. The lowest BCUT2D eigenvalue weighted by atomic mass is 9.84. The van der Waals surface area contributed by atoms with E-state index in [4.69, 9.17) is 4.74 Å². The largest absolute Gasteiger partial charge is 0.465 e. The first-order valence-corrected chi connectivity index (χ1v) is 7.69. The standard InChI is InChI=1S/C19H19NO3/c1-23-19(22)15-9-7-14(8-10-15)17-16(12-20-18(17)21)11-13-5-3-2-4-6-13/h2-10,16-17H,11-12H2,1H3,(H,20,21)/t16?,17-/m1/s1. The van der Waals surface area contributed by atoms with Gasteiger partial charge in [0.2, 0.25) is 5.91 Å². The van der Waals surface area contributed by atoms with Crippen molar-refractivity contribution in [3.05, 3.63) is 71.3 Å². The number of hydrogen-bond acceptors (Lipinski definition) is 3. The fourth-order valence-corrected chi connectivity index (χ4v) is 3.15. The molecule has 1 saturated heterocycles. The van der Waals surface area contributed by atoms with Crippen molar-refractivity contribution in [1.29, 1.82) is 0 Å². The second kappa shape index (κ2) is 6.65. The van der Waals surface area contributed by atoms with Crippen molar-refractivity contribution in [2.45, 2.75) is 12.3 Å². The maximum Gasteiger partial charge on any atom is 0.337 e. The summed E-state index contributed by atoms with van der Waals surface area (Å²) >= 11 is 0. The molecule has 1 aliphatic rings. The Morgan fingerprint density at radius 1 is 1.13 bits per heavy atom. The fraction of sp³-hybridized carbons (Fsp3) is 0.263. The van der Waals surface area contributed by atoms with Crippen molar-refractivity contribution in [2.24, 2.45) is 5.92 Å². The lowest BCUT2D eigenvalue weighted by molar-refractivity contribution is -0.120. The monoisotopic (exact) mass is 309 g/mol. The molecule has 0 spiro atoms. The number of hydrogen-bond donors (Lipinski definition) is 1. The van der Waals surface area contributed by atoms with E-state index in [1.165, 1.54) is 12.7 Å². The van der Waals surface area contributed by atoms with E-state index in [-0.39, 0.29) is 23.7 Å². The zero-order valence-corrected chi connectivity index (χ0v) is 13.0. The van der Waals surface area contributed by atoms with Crippen LogP contribution in [0.15, 0.2) is 54.6 Å². The molecule has 118 valence electrons. The molecule has 2 aromatic rings. The van der Waals surface area contributed by atoms with Crippen molar-refractivity contribution in [2.75, 3.05) is 13.7 Å². The van der Waals surface area contributed by atoms with Crippen molar-refractivity contribution in [3.8, 4) is 0 Å². The molecule has 0 bridgehead atoms. The third-order valence-corrected chi connectivity index (χ3v) is 4.32. The van der Waals surface area contributed by atoms with Gasteiger partial charge in [0.05, 0.1) is 18.6 Å². The molecule has 1 N–H and O–H groups in total. The quantitative estimate of drug-likeness (QED) is 0.883. The molecule has 4 heteroatoms. The third-order valence-electron chi connectivity index (χ3n) is 4.32. The molecule has 23 heavy (non-hydrogen) atoms. The third kappa shape index (κ3) is 3.26. The minimum Gasteiger partial charge on any atom is -0.465 e. The van der Waals surface area contributed by atoms with Gasteiger partial charge in [-0.1, -0.05) is 42.5 Å². The Morgan fingerprint density at radius 3 is 2.48 bits per heavy atom. The molecular formula is C19H19NO3. The van der Waals surface area contributed by atoms with Crippen molar-refractivity contribution in [1.82, 2.24) is 5.32 Å². The molecule has 3 rings (SSSR count). The molecule has 2 aromatic carbocycles. The summed E-state index contributed by atoms with van der Waals surface area (Å²) in [6.45, 7) is 0.678. The van der Waals surface area contributed by atoms with Gasteiger partial charge in [0.1, 0.15) is 0 Å². The normalized spacial score (nSPS) is 20.1. The van der Waals surface area contributed by atoms with Gasteiger partial charge in [-0.3, -0.25) is 4.79 Å². The Bertz CT molecular complexity index is 694. The molecule has 1 aliphatic heterocycles. The number of nitrogens with one attached hydrogen (secondary N) is 1. The molecule has 1 heterocycles. The summed E-state index contributed by atoms with van der Waals surface area (Å²) in [7, 11) is 1.36. The van der Waals surface area contributed by atoms with E-state index in [0.29, 0.717) is 12.1 Å². The Hall–Kier alpha value is -2.62. The number of ether oxygens (including phenoxy) is 1. The highest BCUT2D eigenvalue weighted by molar-refractivity contribution is 5.90. The number of benzene rings is 2. The molecule has 0 radical (unpaired) electrons. The van der Waals surface area contributed by atoms with Crippen LogP contribution in [0.4, 0.5) is 0 Å². The Morgan fingerprint density at radius 2 is 1.83 bits per heavy atom. The summed E-state index contributed by atoms with van der Waals surface area (Å²) in [5.74, 6) is -0.277. The zero-order valence-electron chi connectivity index (χ0n) is 13.0. The second-order valence-corrected chi connectivity index (χ2v) is 5.79. The zero-order chi connectivity index (χ0) is 16.2. The summed E-state index contributed by atoms with van der Waals surface area (Å²) in [6.07, 6.45) is 0.850. The summed E-state index contributed by atoms with van der Waals surface area (Å²) in [5, 5.41) is 2.96. The minimum atomic E-state index is -0.367. The average Bonchev–Trinajstić information content (AvgIpc) is 2.95. The summed E-state index contributed by atoms with van der Waals surface area (Å²) in [6, 6.07) is 17.3. The summed E-state index contributed by atoms with van der Waals surface area (Å²) in [5.41, 5.74) is 2.66. The highest BCUT2D eigenvalue weighted by Gasteiger charge is 2.35. The summed E-state index contributed by atoms with van der Waals surface area (Å²) in [4.78, 5) is 23.8. The predicted molar refractivity (Wildman–Crippen MR) is 87.2 cm³/mol. The van der Waals surface area contributed by atoms with Gasteiger partial charge in [0.15, 0.2) is 0 Å². The lowest BCUT2D eigenvalue weighted by Crippen LogP contribution is -2.18. The molecule has 0 aliphatic carbocycles. The number of methoxy groups -OCH3 is 1. The van der Waals surface area contributed by atoms with Crippen molar-refractivity contribution >= 4 is 11.9 Å². The smallest absolute Gasteiger partial charge is 0.337 e. The van der Waals surface area contributed by atoms with Crippen LogP contribution in [0.1, 0.15) is 27.4 Å². The Kier molecular flexibility index (Phi) is 4.42. The number of esters is 1. The van der Waals surface area contributed by atoms with Crippen LogP contribution < -0.4 is 5.32 Å². The van der Waals surface area contributed by atoms with Crippen LogP contribution in [0.3, 0.4) is 0 Å². The predicted octanol–water partition coefficient (Wildman–Crippen LogP) is 2.55. The first kappa shape index (κ1) is 15.3. The molecule has 0 aromatic heterocycles. The summed E-state index contributed by atoms with van der Waals surface area (Å²) < 4.78 is 4.70. The van der Waals surface area contributed by atoms with Crippen LogP contribution in [-0.2, 0) is 16.0 Å². The molecule has 1 unspecified atom stereocenters. The van der Waals surface area contributed by atoms with Crippen molar-refractivity contribution in [3.63, 3.8) is 0 Å². The van der Waals surface area contributed by atoms with E-state index in [2.05, 4.69) is 17.4 Å². The fourth-order valence-electron chi connectivity index (χ4n) is 3.15. The van der Waals surface area contributed by atoms with Gasteiger partial charge < -0.3 is 10.1 Å². The first-order chi connectivity index (χ1) is 11.2. The van der Waals surface area contributed by atoms with Crippen LogP contribution in [0, 0.1) is 5.92 Å². The van der Waals surface area contributed by atoms with E-state index >= 15 is 0 Å². The number of carbonyl (C=O) groups excluding carboxylic acids is 2. The van der Waals surface area contributed by atoms with Crippen LogP contribution in [0.2, 0.25) is 0 Å². The molecule has 1 fully saturated rings. The van der Waals surface area contributed by atoms with Crippen LogP contribution in [-0.4, -0.2) is 25.5 Å². The van der Waals surface area contributed by atoms with E-state index in [0.717, 1.165) is 12.0 Å². The van der Waals surface area contributed by atoms with Gasteiger partial charge in [0.25, 0.3) is 0 Å². The topological polar surface area (TPSA) is 55.4 Å². The maximum absolute atomic E-state index is 12.2. The average molecular weight is 309 g/mol. The molecule has 1 amide bonds. The highest BCUT2D eigenvalue weighted by Crippen LogP contribution is 2.32. The van der Waals surface area contributed by atoms with Gasteiger partial charge in [-0.05, 0) is 35.6 Å². The van der Waals surface area contributed by atoms with E-state index in [1.54, 1.807) is 12.1 Å². The lowest BCUT2D eigenvalue weighted by Gasteiger charge is -2.17. The maximum atomic E-state index is 12.2. The van der Waals surface area contributed by atoms with Gasteiger partial charge in [-0.2, -0.15) is 0 Å². The van der Waals surface area contributed by atoms with E-state index < -0.39 is 0 Å². The van der Waals surface area contributed by atoms with Crippen LogP contribution in [0.5, 0.6) is 0 Å². The van der Waals surface area contributed by atoms with Gasteiger partial charge >= 0.3 is 5.97 Å². The van der Waals surface area contributed by atoms with Gasteiger partial charge in [-0.15, -0.1) is 0 Å². The number of carbonyl (C=O) groups is 2. The Labute approximate surface area is 135 Å². The number of amides is 1. The van der Waals surface area contributed by atoms with E-state index in [1.807, 2.05) is 30.3 Å². The van der Waals surface area contributed by atoms with Gasteiger partial charge in [-0.25, -0.2) is 4.79 Å². The molecule has 0 saturated carbocycles. The number of rotatable bonds is 4. The first-order valence-electron chi connectivity index (χ1n) is 7.69. The van der Waals surface area contributed by atoms with Crippen LogP contribution >= 0.6 is 0 Å². The minimum absolute atomic E-state index is 0.0525. The SMILES string of the molecule is COC(=O)c1ccc([C@H]2C(=O)NCC2Cc2ccccc2)cc1. The van der Waals surface area contributed by atoms with Gasteiger partial charge in [0, 0.05) is 6.54 Å². The van der Waals surface area contributed by atoms with Crippen LogP contribution in [0.25, 0.3) is 0 Å². The second-order valence-electron chi connectivity index (χ2n) is 5.79. The Balaban J connectivity index is 1.81. The molecule has 4 nitrogen and oxygen atoms in total. The molecular weight excluding hydrogens is 290 g/mol. The van der Waals surface area contributed by atoms with Crippen molar-refractivity contribution < 1.29 is 14.3 Å². The van der Waals surface area contributed by atoms with E-state index in [9.17, 15) is 9.59 Å².